The number of alkyl halides is 3. The van der Waals surface area contributed by atoms with Crippen LogP contribution < -0.4 is 16.0 Å². The van der Waals surface area contributed by atoms with Crippen LogP contribution in [0, 0.1) is 0 Å². The van der Waals surface area contributed by atoms with E-state index in [0.717, 1.165) is 17.7 Å². The van der Waals surface area contributed by atoms with Crippen molar-refractivity contribution in [3.05, 3.63) is 65.2 Å². The molecule has 0 aliphatic rings. The quantitative estimate of drug-likeness (QED) is 0.550. The molecule has 0 bridgehead atoms. The minimum atomic E-state index is -4.36. The van der Waals surface area contributed by atoms with E-state index in [4.69, 9.17) is 15.7 Å². The van der Waals surface area contributed by atoms with E-state index in [1.807, 2.05) is 0 Å². The van der Waals surface area contributed by atoms with Crippen LogP contribution in [0.1, 0.15) is 16.7 Å². The third kappa shape index (κ3) is 5.47. The number of nitrogens with two attached hydrogens (primary N) is 1. The molecule has 0 aliphatic heterocycles. The minimum Gasteiger partial charge on any atom is -0.489 e. The van der Waals surface area contributed by atoms with E-state index in [2.05, 4.69) is 0 Å². The van der Waals surface area contributed by atoms with Crippen molar-refractivity contribution in [2.24, 2.45) is 5.73 Å². The van der Waals surface area contributed by atoms with E-state index in [9.17, 15) is 18.0 Å². The van der Waals surface area contributed by atoms with Crippen molar-refractivity contribution in [2.45, 2.75) is 25.2 Å². The summed E-state index contributed by atoms with van der Waals surface area (Å²) in [5.74, 6) is -0.147. The number of carbonyl (C=O) groups is 1. The van der Waals surface area contributed by atoms with Gasteiger partial charge in [0.1, 0.15) is 12.4 Å². The van der Waals surface area contributed by atoms with Gasteiger partial charge in [0.25, 0.3) is 5.91 Å². The summed E-state index contributed by atoms with van der Waals surface area (Å²) >= 11 is 0. The highest BCUT2D eigenvalue weighted by atomic mass is 19.4. The molecule has 4 N–H and O–H groups in total. The van der Waals surface area contributed by atoms with Gasteiger partial charge in [-0.1, -0.05) is 24.3 Å². The summed E-state index contributed by atoms with van der Waals surface area (Å²) in [5, 5.41) is 8.51. The van der Waals surface area contributed by atoms with Crippen LogP contribution in [0.2, 0.25) is 0 Å². The Bertz CT molecular complexity index is 701. The van der Waals surface area contributed by atoms with Crippen LogP contribution in [0.3, 0.4) is 0 Å². The Balaban J connectivity index is 1.90. The molecule has 1 amide bonds. The summed E-state index contributed by atoms with van der Waals surface area (Å²) in [6, 6.07) is 10.6. The van der Waals surface area contributed by atoms with Gasteiger partial charge in [-0.3, -0.25) is 10.0 Å². The topological polar surface area (TPSA) is 84.6 Å². The summed E-state index contributed by atoms with van der Waals surface area (Å²) < 4.78 is 43.0. The fourth-order valence-electron chi connectivity index (χ4n) is 2.11. The largest absolute Gasteiger partial charge is 0.489 e. The number of hydrogen-bond acceptors (Lipinski definition) is 4. The molecule has 0 spiro atoms. The predicted octanol–water partition coefficient (Wildman–Crippen LogP) is 2.66. The molecule has 0 unspecified atom stereocenters. The van der Waals surface area contributed by atoms with Gasteiger partial charge >= 0.3 is 6.18 Å². The van der Waals surface area contributed by atoms with Crippen LogP contribution in [0.25, 0.3) is 0 Å². The molecular weight excluding hydrogens is 337 g/mol. The Labute approximate surface area is 142 Å². The molecule has 25 heavy (non-hydrogen) atoms. The zero-order chi connectivity index (χ0) is 18.4. The molecule has 2 rings (SSSR count). The molecule has 2 aromatic rings. The summed E-state index contributed by atoms with van der Waals surface area (Å²) in [6.45, 7) is 0.129. The van der Waals surface area contributed by atoms with E-state index in [1.165, 1.54) is 17.6 Å². The second-order valence-corrected chi connectivity index (χ2v) is 5.41. The van der Waals surface area contributed by atoms with E-state index < -0.39 is 23.7 Å². The normalized spacial score (nSPS) is 12.5. The van der Waals surface area contributed by atoms with Crippen LogP contribution >= 0.6 is 0 Å². The SMILES string of the molecule is N[C@@H](Cc1ccc(OCc2ccc(C(F)(F)F)cc2)cc1)C(=O)NO. The molecule has 0 aliphatic carbocycles. The molecule has 134 valence electrons. The standard InChI is InChI=1S/C17H17F3N2O3/c18-17(19,20)13-5-1-12(2-6-13)10-25-14-7-3-11(4-8-14)9-15(21)16(23)22-24/h1-8,15,24H,9-10,21H2,(H,22,23)/t15-/m0/s1. The maximum atomic E-state index is 12.5. The van der Waals surface area contributed by atoms with Crippen molar-refractivity contribution >= 4 is 5.91 Å². The molecule has 5 nitrogen and oxygen atoms in total. The molecule has 0 saturated carbocycles. The lowest BCUT2D eigenvalue weighted by molar-refractivity contribution is -0.137. The molecule has 0 aromatic heterocycles. The number of hydrogen-bond donors (Lipinski definition) is 3. The second kappa shape index (κ2) is 8.00. The summed E-state index contributed by atoms with van der Waals surface area (Å²) in [4.78, 5) is 11.1. The molecule has 8 heteroatoms. The van der Waals surface area contributed by atoms with Gasteiger partial charge < -0.3 is 10.5 Å². The number of hydroxylamine groups is 1. The maximum Gasteiger partial charge on any atom is 0.416 e. The number of ether oxygens (including phenoxy) is 1. The van der Waals surface area contributed by atoms with Crippen LogP contribution in [-0.2, 0) is 24.0 Å². The summed E-state index contributed by atoms with van der Waals surface area (Å²) in [7, 11) is 0. The molecule has 0 heterocycles. The lowest BCUT2D eigenvalue weighted by Crippen LogP contribution is -2.40. The summed E-state index contributed by atoms with van der Waals surface area (Å²) in [6.07, 6.45) is -4.12. The number of amides is 1. The van der Waals surface area contributed by atoms with Gasteiger partial charge in [0.05, 0.1) is 11.6 Å². The monoisotopic (exact) mass is 354 g/mol. The molecule has 0 radical (unpaired) electrons. The highest BCUT2D eigenvalue weighted by Gasteiger charge is 2.29. The van der Waals surface area contributed by atoms with Gasteiger partial charge in [-0.25, -0.2) is 5.48 Å². The second-order valence-electron chi connectivity index (χ2n) is 5.41. The van der Waals surface area contributed by atoms with E-state index in [1.54, 1.807) is 24.3 Å². The van der Waals surface area contributed by atoms with E-state index in [-0.39, 0.29) is 13.0 Å². The first kappa shape index (κ1) is 18.8. The zero-order valence-corrected chi connectivity index (χ0v) is 13.1. The van der Waals surface area contributed by atoms with Crippen LogP contribution in [0.15, 0.2) is 48.5 Å². The Kier molecular flexibility index (Phi) is 6.00. The molecule has 2 aromatic carbocycles. The van der Waals surface area contributed by atoms with Crippen molar-refractivity contribution < 1.29 is 27.9 Å². The maximum absolute atomic E-state index is 12.5. The highest BCUT2D eigenvalue weighted by Crippen LogP contribution is 2.29. The van der Waals surface area contributed by atoms with Gasteiger partial charge in [-0.15, -0.1) is 0 Å². The highest BCUT2D eigenvalue weighted by molar-refractivity contribution is 5.80. The van der Waals surface area contributed by atoms with Crippen molar-refractivity contribution in [2.75, 3.05) is 0 Å². The first-order chi connectivity index (χ1) is 11.8. The minimum absolute atomic E-state index is 0.129. The average Bonchev–Trinajstić information content (AvgIpc) is 2.60. The fraction of sp³-hybridized carbons (Fsp3) is 0.235. The number of rotatable bonds is 6. The van der Waals surface area contributed by atoms with Gasteiger partial charge in [-0.2, -0.15) is 13.2 Å². The third-order valence-electron chi connectivity index (χ3n) is 3.51. The zero-order valence-electron chi connectivity index (χ0n) is 13.1. The third-order valence-corrected chi connectivity index (χ3v) is 3.51. The summed E-state index contributed by atoms with van der Waals surface area (Å²) in [5.41, 5.74) is 7.76. The van der Waals surface area contributed by atoms with E-state index in [0.29, 0.717) is 11.3 Å². The molecule has 0 fully saturated rings. The van der Waals surface area contributed by atoms with Gasteiger partial charge in [0, 0.05) is 0 Å². The van der Waals surface area contributed by atoms with Gasteiger partial charge in [0.15, 0.2) is 0 Å². The van der Waals surface area contributed by atoms with Gasteiger partial charge in [0.2, 0.25) is 0 Å². The van der Waals surface area contributed by atoms with Crippen molar-refractivity contribution in [3.63, 3.8) is 0 Å². The first-order valence-electron chi connectivity index (χ1n) is 7.37. The Morgan fingerprint density at radius 2 is 1.64 bits per heavy atom. The number of nitrogens with one attached hydrogen (secondary N) is 1. The van der Waals surface area contributed by atoms with Gasteiger partial charge in [-0.05, 0) is 41.8 Å². The van der Waals surface area contributed by atoms with Crippen LogP contribution in [-0.4, -0.2) is 17.2 Å². The van der Waals surface area contributed by atoms with Crippen molar-refractivity contribution in [3.8, 4) is 5.75 Å². The fourth-order valence-corrected chi connectivity index (χ4v) is 2.11. The lowest BCUT2D eigenvalue weighted by atomic mass is 10.1. The first-order valence-corrected chi connectivity index (χ1v) is 7.37. The van der Waals surface area contributed by atoms with Crippen molar-refractivity contribution in [1.29, 1.82) is 0 Å². The lowest BCUT2D eigenvalue weighted by Gasteiger charge is -2.11. The Hall–Kier alpha value is -2.58. The smallest absolute Gasteiger partial charge is 0.416 e. The number of carbonyl (C=O) groups excluding carboxylic acids is 1. The molecular formula is C17H17F3N2O3. The van der Waals surface area contributed by atoms with Crippen molar-refractivity contribution in [1.82, 2.24) is 5.48 Å². The molecule has 1 atom stereocenters. The predicted molar refractivity (Wildman–Crippen MR) is 83.8 cm³/mol. The average molecular weight is 354 g/mol. The number of halogens is 3. The Morgan fingerprint density at radius 1 is 1.08 bits per heavy atom. The van der Waals surface area contributed by atoms with Crippen LogP contribution in [0.4, 0.5) is 13.2 Å². The Morgan fingerprint density at radius 3 is 2.16 bits per heavy atom. The number of benzene rings is 2. The molecule has 0 saturated heterocycles. The van der Waals surface area contributed by atoms with E-state index >= 15 is 0 Å². The van der Waals surface area contributed by atoms with Crippen LogP contribution in [0.5, 0.6) is 5.75 Å².